The second-order valence-corrected chi connectivity index (χ2v) is 5.73. The van der Waals surface area contributed by atoms with Crippen molar-refractivity contribution < 1.29 is 5.11 Å². The van der Waals surface area contributed by atoms with Crippen molar-refractivity contribution in [1.82, 2.24) is 0 Å². The summed E-state index contributed by atoms with van der Waals surface area (Å²) in [5.41, 5.74) is 2.70. The van der Waals surface area contributed by atoms with Gasteiger partial charge in [-0.25, -0.2) is 0 Å². The first kappa shape index (κ1) is 13.9. The van der Waals surface area contributed by atoms with E-state index in [1.165, 1.54) is 19.3 Å². The van der Waals surface area contributed by atoms with Crippen LogP contribution >= 0.6 is 0 Å². The van der Waals surface area contributed by atoms with Crippen LogP contribution in [0.4, 0.5) is 5.69 Å². The molecule has 1 aliphatic rings. The molecule has 0 aromatic heterocycles. The molecule has 3 heteroatoms. The second kappa shape index (κ2) is 6.08. The van der Waals surface area contributed by atoms with Gasteiger partial charge < -0.3 is 10.4 Å². The number of aryl methyl sites for hydroxylation is 1. The predicted octanol–water partition coefficient (Wildman–Crippen LogP) is 3.22. The molecular weight excluding hydrogens is 236 g/mol. The van der Waals surface area contributed by atoms with E-state index in [2.05, 4.69) is 11.4 Å². The van der Waals surface area contributed by atoms with Gasteiger partial charge in [0.2, 0.25) is 0 Å². The quantitative estimate of drug-likeness (QED) is 0.871. The fourth-order valence-electron chi connectivity index (χ4n) is 2.88. The maximum atomic E-state index is 9.70. The topological polar surface area (TPSA) is 56.0 Å². The van der Waals surface area contributed by atoms with Gasteiger partial charge in [-0.05, 0) is 37.5 Å². The average Bonchev–Trinajstić information content (AvgIpc) is 2.46. The molecule has 1 saturated carbocycles. The van der Waals surface area contributed by atoms with E-state index in [9.17, 15) is 5.11 Å². The van der Waals surface area contributed by atoms with Crippen LogP contribution in [0.1, 0.15) is 43.2 Å². The Labute approximate surface area is 115 Å². The Morgan fingerprint density at radius 3 is 2.68 bits per heavy atom. The highest BCUT2D eigenvalue weighted by Crippen LogP contribution is 2.36. The first-order chi connectivity index (χ1) is 9.19. The Bertz CT molecular complexity index is 470. The molecule has 1 aromatic carbocycles. The molecule has 0 heterocycles. The van der Waals surface area contributed by atoms with Gasteiger partial charge in [0.1, 0.15) is 6.07 Å². The van der Waals surface area contributed by atoms with Gasteiger partial charge in [0.15, 0.2) is 0 Å². The van der Waals surface area contributed by atoms with Gasteiger partial charge >= 0.3 is 0 Å². The van der Waals surface area contributed by atoms with E-state index >= 15 is 0 Å². The Balaban J connectivity index is 2.09. The molecule has 0 atom stereocenters. The third-order valence-electron chi connectivity index (χ3n) is 4.20. The van der Waals surface area contributed by atoms with Gasteiger partial charge in [-0.15, -0.1) is 0 Å². The van der Waals surface area contributed by atoms with Crippen molar-refractivity contribution in [1.29, 1.82) is 5.26 Å². The number of nitriles is 1. The van der Waals surface area contributed by atoms with Crippen LogP contribution in [-0.4, -0.2) is 18.3 Å². The zero-order valence-corrected chi connectivity index (χ0v) is 11.6. The Hall–Kier alpha value is -1.53. The van der Waals surface area contributed by atoms with Crippen molar-refractivity contribution >= 4 is 5.69 Å². The van der Waals surface area contributed by atoms with E-state index in [0.717, 1.165) is 30.6 Å². The van der Waals surface area contributed by atoms with Crippen molar-refractivity contribution in [3.05, 3.63) is 29.3 Å². The smallest absolute Gasteiger partial charge is 0.101 e. The summed E-state index contributed by atoms with van der Waals surface area (Å²) in [4.78, 5) is 0. The van der Waals surface area contributed by atoms with Gasteiger partial charge in [-0.2, -0.15) is 5.26 Å². The first-order valence-electron chi connectivity index (χ1n) is 7.05. The highest BCUT2D eigenvalue weighted by molar-refractivity contribution is 5.58. The van der Waals surface area contributed by atoms with Gasteiger partial charge in [0, 0.05) is 12.0 Å². The lowest BCUT2D eigenvalue weighted by Gasteiger charge is -2.36. The van der Waals surface area contributed by atoms with E-state index in [1.807, 2.05) is 25.1 Å². The van der Waals surface area contributed by atoms with Crippen LogP contribution in [0.15, 0.2) is 18.2 Å². The number of anilines is 1. The number of hydrogen-bond donors (Lipinski definition) is 2. The summed E-state index contributed by atoms with van der Waals surface area (Å²) in [6.07, 6.45) is 5.81. The second-order valence-electron chi connectivity index (χ2n) is 5.73. The number of nitrogens with one attached hydrogen (secondary N) is 1. The third kappa shape index (κ3) is 3.27. The van der Waals surface area contributed by atoms with E-state index in [0.29, 0.717) is 5.56 Å². The highest BCUT2D eigenvalue weighted by atomic mass is 16.3. The molecule has 0 radical (unpaired) electrons. The average molecular weight is 258 g/mol. The van der Waals surface area contributed by atoms with Crippen LogP contribution in [0.25, 0.3) is 0 Å². The molecule has 0 unspecified atom stereocenters. The summed E-state index contributed by atoms with van der Waals surface area (Å²) < 4.78 is 0. The molecule has 2 N–H and O–H groups in total. The van der Waals surface area contributed by atoms with Crippen LogP contribution in [0.2, 0.25) is 0 Å². The number of rotatable bonds is 4. The Morgan fingerprint density at radius 1 is 1.32 bits per heavy atom. The van der Waals surface area contributed by atoms with E-state index < -0.39 is 0 Å². The number of nitrogens with zero attached hydrogens (tertiary/aromatic N) is 1. The maximum absolute atomic E-state index is 9.70. The summed E-state index contributed by atoms with van der Waals surface area (Å²) in [6.45, 7) is 3.00. The zero-order chi connectivity index (χ0) is 13.7. The van der Waals surface area contributed by atoms with Crippen LogP contribution in [-0.2, 0) is 0 Å². The number of aliphatic hydroxyl groups excluding tert-OH is 1. The number of hydrogen-bond acceptors (Lipinski definition) is 3. The van der Waals surface area contributed by atoms with E-state index in [1.54, 1.807) is 0 Å². The monoisotopic (exact) mass is 258 g/mol. The fraction of sp³-hybridized carbons (Fsp3) is 0.562. The van der Waals surface area contributed by atoms with Crippen molar-refractivity contribution in [3.8, 4) is 6.07 Å². The molecule has 0 amide bonds. The standard InChI is InChI=1S/C16H22N2O/c1-13-5-6-14(10-17)15(9-13)18-11-16(12-19)7-3-2-4-8-16/h5-6,9,18-19H,2-4,7-8,11-12H2,1H3. The molecule has 0 aliphatic heterocycles. The molecule has 0 saturated heterocycles. The van der Waals surface area contributed by atoms with E-state index in [4.69, 9.17) is 5.26 Å². The summed E-state index contributed by atoms with van der Waals surface area (Å²) in [7, 11) is 0. The molecule has 1 aromatic rings. The molecule has 1 fully saturated rings. The molecule has 0 spiro atoms. The Morgan fingerprint density at radius 2 is 2.05 bits per heavy atom. The minimum atomic E-state index is -0.00524. The lowest BCUT2D eigenvalue weighted by Crippen LogP contribution is -2.35. The van der Waals surface area contributed by atoms with Crippen LogP contribution in [0, 0.1) is 23.7 Å². The molecule has 1 aliphatic carbocycles. The zero-order valence-electron chi connectivity index (χ0n) is 11.6. The molecule has 2 rings (SSSR count). The highest BCUT2D eigenvalue weighted by Gasteiger charge is 2.31. The van der Waals surface area contributed by atoms with Crippen molar-refractivity contribution in [2.45, 2.75) is 39.0 Å². The summed E-state index contributed by atoms with van der Waals surface area (Å²) in [5, 5.41) is 22.2. The lowest BCUT2D eigenvalue weighted by atomic mass is 9.74. The maximum Gasteiger partial charge on any atom is 0.101 e. The first-order valence-corrected chi connectivity index (χ1v) is 7.05. The Kier molecular flexibility index (Phi) is 4.44. The van der Waals surface area contributed by atoms with Crippen molar-refractivity contribution in [2.24, 2.45) is 5.41 Å². The van der Waals surface area contributed by atoms with Gasteiger partial charge in [-0.3, -0.25) is 0 Å². The van der Waals surface area contributed by atoms with Crippen LogP contribution < -0.4 is 5.32 Å². The fourth-order valence-corrected chi connectivity index (χ4v) is 2.88. The third-order valence-corrected chi connectivity index (χ3v) is 4.20. The molecule has 0 bridgehead atoms. The summed E-state index contributed by atoms with van der Waals surface area (Å²) in [6, 6.07) is 8.02. The SMILES string of the molecule is Cc1ccc(C#N)c(NCC2(CO)CCCCC2)c1. The largest absolute Gasteiger partial charge is 0.396 e. The van der Waals surface area contributed by atoms with E-state index in [-0.39, 0.29) is 12.0 Å². The normalized spacial score (nSPS) is 17.7. The van der Waals surface area contributed by atoms with Crippen LogP contribution in [0.5, 0.6) is 0 Å². The number of aliphatic hydroxyl groups is 1. The lowest BCUT2D eigenvalue weighted by molar-refractivity contribution is 0.0944. The minimum absolute atomic E-state index is 0.00524. The molecule has 3 nitrogen and oxygen atoms in total. The van der Waals surface area contributed by atoms with Crippen LogP contribution in [0.3, 0.4) is 0 Å². The molecule has 102 valence electrons. The van der Waals surface area contributed by atoms with Gasteiger partial charge in [-0.1, -0.05) is 25.3 Å². The van der Waals surface area contributed by atoms with Crippen molar-refractivity contribution in [2.75, 3.05) is 18.5 Å². The van der Waals surface area contributed by atoms with Gasteiger partial charge in [0.05, 0.1) is 17.9 Å². The summed E-state index contributed by atoms with van der Waals surface area (Å²) in [5.74, 6) is 0. The predicted molar refractivity (Wildman–Crippen MR) is 77.0 cm³/mol. The molecular formula is C16H22N2O. The minimum Gasteiger partial charge on any atom is -0.396 e. The number of benzene rings is 1. The molecule has 19 heavy (non-hydrogen) atoms. The van der Waals surface area contributed by atoms with Gasteiger partial charge in [0.25, 0.3) is 0 Å². The summed E-state index contributed by atoms with van der Waals surface area (Å²) >= 11 is 0. The van der Waals surface area contributed by atoms with Crippen molar-refractivity contribution in [3.63, 3.8) is 0 Å².